The molecular weight excluding hydrogens is 450 g/mol. The van der Waals surface area contributed by atoms with E-state index in [4.69, 9.17) is 4.74 Å². The van der Waals surface area contributed by atoms with Gasteiger partial charge in [-0.3, -0.25) is 14.4 Å². The second-order valence-corrected chi connectivity index (χ2v) is 12.1. The summed E-state index contributed by atoms with van der Waals surface area (Å²) >= 11 is 0. The molecule has 1 aromatic carbocycles. The summed E-state index contributed by atoms with van der Waals surface area (Å²) in [5.74, 6) is 0.791. The Kier molecular flexibility index (Phi) is 5.55. The van der Waals surface area contributed by atoms with Crippen LogP contribution < -0.4 is 4.90 Å². The first-order valence-electron chi connectivity index (χ1n) is 13.7. The number of benzene rings is 1. The first-order valence-corrected chi connectivity index (χ1v) is 13.7. The number of carbonyl (C=O) groups excluding carboxylic acids is 3. The summed E-state index contributed by atoms with van der Waals surface area (Å²) < 4.78 is 6.05. The highest BCUT2D eigenvalue weighted by Gasteiger charge is 2.60. The van der Waals surface area contributed by atoms with Crippen LogP contribution in [0.1, 0.15) is 76.3 Å². The minimum Gasteiger partial charge on any atom is -0.462 e. The molecule has 190 valence electrons. The summed E-state index contributed by atoms with van der Waals surface area (Å²) in [7, 11) is 2.15. The number of hydrogen-bond donors (Lipinski definition) is 0. The molecule has 4 aliphatic carbocycles. The standard InChI is InChI=1S/C31H37NO4/c1-17(33)25-8-9-26-30-28(36-18(2)34)15-21-14-22(35)6-7-23(21)29(30)24(16-31(25,26)3)19-5-10-27-20(13-19)11-12-32(27)4/h5,10,13-14,24-26,28,30H,6-9,11-12,15-16H2,1-4H3/t24-,25-,26+,28-,30-,31-/m1/s1. The molecular formula is C31H37NO4. The van der Waals surface area contributed by atoms with Gasteiger partial charge < -0.3 is 9.64 Å². The first kappa shape index (κ1) is 23.7. The van der Waals surface area contributed by atoms with Crippen molar-refractivity contribution < 1.29 is 19.1 Å². The molecule has 5 nitrogen and oxygen atoms in total. The normalized spacial score (nSPS) is 35.0. The third-order valence-electron chi connectivity index (χ3n) is 10.2. The molecule has 0 bridgehead atoms. The third-order valence-corrected chi connectivity index (χ3v) is 10.2. The second kappa shape index (κ2) is 8.43. The van der Waals surface area contributed by atoms with Crippen LogP contribution in [0.15, 0.2) is 41.0 Å². The molecule has 0 radical (unpaired) electrons. The van der Waals surface area contributed by atoms with Crippen molar-refractivity contribution in [1.82, 2.24) is 0 Å². The number of hydrogen-bond acceptors (Lipinski definition) is 5. The number of nitrogens with zero attached hydrogens (tertiary/aromatic N) is 1. The minimum absolute atomic E-state index is 0.0416. The lowest BCUT2D eigenvalue weighted by molar-refractivity contribution is -0.152. The van der Waals surface area contributed by atoms with Gasteiger partial charge in [-0.2, -0.15) is 0 Å². The molecule has 1 aromatic rings. The molecule has 2 fully saturated rings. The van der Waals surface area contributed by atoms with Gasteiger partial charge in [-0.25, -0.2) is 0 Å². The highest BCUT2D eigenvalue weighted by molar-refractivity contribution is 5.93. The topological polar surface area (TPSA) is 63.7 Å². The van der Waals surface area contributed by atoms with Gasteiger partial charge in [0.2, 0.25) is 0 Å². The quantitative estimate of drug-likeness (QED) is 0.540. The zero-order chi connectivity index (χ0) is 25.4. The lowest BCUT2D eigenvalue weighted by atomic mass is 9.51. The Balaban J connectivity index is 1.55. The van der Waals surface area contributed by atoms with Crippen molar-refractivity contribution in [3.8, 4) is 0 Å². The van der Waals surface area contributed by atoms with Gasteiger partial charge in [-0.05, 0) is 84.8 Å². The summed E-state index contributed by atoms with van der Waals surface area (Å²) in [4.78, 5) is 39.9. The van der Waals surface area contributed by atoms with Crippen LogP contribution >= 0.6 is 0 Å². The lowest BCUT2D eigenvalue weighted by Crippen LogP contribution is -2.50. The molecule has 1 heterocycles. The van der Waals surface area contributed by atoms with Crippen molar-refractivity contribution in [1.29, 1.82) is 0 Å². The number of allylic oxidation sites excluding steroid dienone is 2. The minimum atomic E-state index is -0.281. The zero-order valence-electron chi connectivity index (χ0n) is 21.9. The summed E-state index contributed by atoms with van der Waals surface area (Å²) in [5.41, 5.74) is 7.67. The van der Waals surface area contributed by atoms with E-state index >= 15 is 0 Å². The van der Waals surface area contributed by atoms with Crippen LogP contribution in [-0.4, -0.2) is 37.2 Å². The molecule has 0 N–H and O–H groups in total. The molecule has 36 heavy (non-hydrogen) atoms. The number of likely N-dealkylation sites (N-methyl/N-ethyl adjacent to an activating group) is 1. The fourth-order valence-corrected chi connectivity index (χ4v) is 8.73. The smallest absolute Gasteiger partial charge is 0.302 e. The maximum atomic E-state index is 12.9. The Morgan fingerprint density at radius 2 is 1.92 bits per heavy atom. The molecule has 0 amide bonds. The van der Waals surface area contributed by atoms with E-state index in [1.807, 2.05) is 6.08 Å². The number of rotatable bonds is 3. The molecule has 0 saturated heterocycles. The maximum Gasteiger partial charge on any atom is 0.302 e. The van der Waals surface area contributed by atoms with Crippen molar-refractivity contribution in [3.05, 3.63) is 52.1 Å². The average molecular weight is 488 g/mol. The lowest BCUT2D eigenvalue weighted by Gasteiger charge is -2.54. The van der Waals surface area contributed by atoms with Crippen LogP contribution in [0.4, 0.5) is 5.69 Å². The van der Waals surface area contributed by atoms with Crippen molar-refractivity contribution in [2.75, 3.05) is 18.5 Å². The fraction of sp³-hybridized carbons (Fsp3) is 0.581. The Morgan fingerprint density at radius 1 is 1.11 bits per heavy atom. The van der Waals surface area contributed by atoms with Crippen LogP contribution in [0.3, 0.4) is 0 Å². The van der Waals surface area contributed by atoms with E-state index in [-0.39, 0.29) is 46.8 Å². The molecule has 6 atom stereocenters. The highest BCUT2D eigenvalue weighted by atomic mass is 16.5. The maximum absolute atomic E-state index is 12.9. The molecule has 6 rings (SSSR count). The van der Waals surface area contributed by atoms with E-state index in [0.717, 1.165) is 44.2 Å². The Hall–Kier alpha value is -2.69. The van der Waals surface area contributed by atoms with Crippen LogP contribution in [0.25, 0.3) is 0 Å². The van der Waals surface area contributed by atoms with E-state index in [1.165, 1.54) is 34.9 Å². The third kappa shape index (κ3) is 3.53. The number of esters is 1. The van der Waals surface area contributed by atoms with E-state index in [1.54, 1.807) is 6.92 Å². The first-order chi connectivity index (χ1) is 17.2. The van der Waals surface area contributed by atoms with Gasteiger partial charge in [-0.1, -0.05) is 24.6 Å². The van der Waals surface area contributed by atoms with E-state index in [9.17, 15) is 14.4 Å². The highest BCUT2D eigenvalue weighted by Crippen LogP contribution is 2.66. The van der Waals surface area contributed by atoms with Crippen LogP contribution in [0.5, 0.6) is 0 Å². The Morgan fingerprint density at radius 3 is 2.67 bits per heavy atom. The van der Waals surface area contributed by atoms with E-state index in [0.29, 0.717) is 18.8 Å². The zero-order valence-corrected chi connectivity index (χ0v) is 21.9. The van der Waals surface area contributed by atoms with Crippen LogP contribution in [0, 0.1) is 23.2 Å². The fourth-order valence-electron chi connectivity index (χ4n) is 8.73. The molecule has 5 aliphatic rings. The number of carbonyl (C=O) groups is 3. The Labute approximate surface area is 214 Å². The van der Waals surface area contributed by atoms with Gasteiger partial charge in [0, 0.05) is 56.8 Å². The van der Waals surface area contributed by atoms with E-state index < -0.39 is 0 Å². The van der Waals surface area contributed by atoms with Gasteiger partial charge in [0.05, 0.1) is 0 Å². The average Bonchev–Trinajstić information content (AvgIpc) is 3.37. The van der Waals surface area contributed by atoms with Gasteiger partial charge in [-0.15, -0.1) is 0 Å². The van der Waals surface area contributed by atoms with Crippen molar-refractivity contribution in [2.45, 2.75) is 77.7 Å². The summed E-state index contributed by atoms with van der Waals surface area (Å²) in [5, 5.41) is 0. The predicted molar refractivity (Wildman–Crippen MR) is 139 cm³/mol. The van der Waals surface area contributed by atoms with Crippen LogP contribution in [-0.2, 0) is 25.5 Å². The summed E-state index contributed by atoms with van der Waals surface area (Å²) in [6, 6.07) is 6.93. The molecule has 0 aromatic heterocycles. The van der Waals surface area contributed by atoms with Gasteiger partial charge in [0.25, 0.3) is 0 Å². The second-order valence-electron chi connectivity index (χ2n) is 12.1. The number of ether oxygens (including phenoxy) is 1. The largest absolute Gasteiger partial charge is 0.462 e. The monoisotopic (exact) mass is 487 g/mol. The Bertz CT molecular complexity index is 1220. The molecule has 5 heteroatoms. The summed E-state index contributed by atoms with van der Waals surface area (Å²) in [6.07, 6.45) is 7.33. The van der Waals surface area contributed by atoms with Crippen molar-refractivity contribution in [2.24, 2.45) is 23.2 Å². The number of Topliss-reactive ketones (excluding diaryl/α,β-unsaturated/α-hetero) is 1. The summed E-state index contributed by atoms with van der Waals surface area (Å²) in [6.45, 7) is 6.61. The van der Waals surface area contributed by atoms with Crippen molar-refractivity contribution in [3.63, 3.8) is 0 Å². The van der Waals surface area contributed by atoms with Gasteiger partial charge >= 0.3 is 5.97 Å². The molecule has 2 saturated carbocycles. The molecule has 1 aliphatic heterocycles. The molecule has 0 spiro atoms. The van der Waals surface area contributed by atoms with Crippen LogP contribution in [0.2, 0.25) is 0 Å². The van der Waals surface area contributed by atoms with Gasteiger partial charge in [0.15, 0.2) is 5.78 Å². The number of fused-ring (bicyclic) bond motifs is 5. The van der Waals surface area contributed by atoms with Crippen molar-refractivity contribution >= 4 is 23.2 Å². The SMILES string of the molecule is CC(=O)O[C@@H]1CC2=CC(=O)CCC2=C2[C@@H]1[C@@H]1CC[C@H](C(C)=O)[C@@]1(C)C[C@@H]2c1ccc2c(c1)CCN2C. The van der Waals surface area contributed by atoms with Gasteiger partial charge in [0.1, 0.15) is 11.9 Å². The van der Waals surface area contributed by atoms with E-state index in [2.05, 4.69) is 37.1 Å². The predicted octanol–water partition coefficient (Wildman–Crippen LogP) is 5.33. The number of ketones is 2. The number of anilines is 1. The molecule has 0 unspecified atom stereocenters.